The first kappa shape index (κ1) is 14.8. The topological polar surface area (TPSA) is 64.7 Å². The third-order valence-electron chi connectivity index (χ3n) is 3.04. The van der Waals surface area contributed by atoms with Crippen LogP contribution < -0.4 is 10.9 Å². The molecule has 0 aromatic carbocycles. The van der Waals surface area contributed by atoms with Crippen LogP contribution in [0.3, 0.4) is 0 Å². The van der Waals surface area contributed by atoms with Gasteiger partial charge in [-0.05, 0) is 42.3 Å². The van der Waals surface area contributed by atoms with Crippen LogP contribution in [0.25, 0.3) is 0 Å². The maximum Gasteiger partial charge on any atom is 0.282 e. The van der Waals surface area contributed by atoms with E-state index < -0.39 is 0 Å². The summed E-state index contributed by atoms with van der Waals surface area (Å²) in [5.41, 5.74) is 2.78. The van der Waals surface area contributed by atoms with Crippen molar-refractivity contribution >= 4 is 21.6 Å². The summed E-state index contributed by atoms with van der Waals surface area (Å²) in [7, 11) is 1.62. The summed E-state index contributed by atoms with van der Waals surface area (Å²) in [6.45, 7) is 5.65. The molecule has 2 aromatic rings. The number of halogens is 1. The van der Waals surface area contributed by atoms with E-state index in [1.165, 1.54) is 10.4 Å². The fourth-order valence-electron chi connectivity index (χ4n) is 1.99. The van der Waals surface area contributed by atoms with Gasteiger partial charge in [0.15, 0.2) is 0 Å². The van der Waals surface area contributed by atoms with Gasteiger partial charge in [0, 0.05) is 25.8 Å². The zero-order valence-electron chi connectivity index (χ0n) is 11.9. The van der Waals surface area contributed by atoms with Crippen LogP contribution in [-0.4, -0.2) is 26.1 Å². The molecule has 0 spiro atoms. The van der Waals surface area contributed by atoms with Crippen LogP contribution in [0.5, 0.6) is 0 Å². The summed E-state index contributed by atoms with van der Waals surface area (Å²) < 4.78 is 3.81. The average molecular weight is 340 g/mol. The zero-order valence-corrected chi connectivity index (χ0v) is 13.4. The second-order valence-electron chi connectivity index (χ2n) is 4.73. The molecule has 0 saturated heterocycles. The first-order valence-electron chi connectivity index (χ1n) is 6.46. The lowest BCUT2D eigenvalue weighted by Crippen LogP contribution is -2.21. The van der Waals surface area contributed by atoms with Crippen molar-refractivity contribution in [3.63, 3.8) is 0 Å². The molecule has 0 atom stereocenters. The number of nitrogens with zero attached hydrogens (tertiary/aromatic N) is 4. The molecule has 0 aliphatic carbocycles. The Kier molecular flexibility index (Phi) is 4.59. The van der Waals surface area contributed by atoms with Crippen LogP contribution in [0.4, 0.5) is 5.69 Å². The lowest BCUT2D eigenvalue weighted by atomic mass is 10.3. The fraction of sp³-hybridized carbons (Fsp3) is 0.462. The molecular formula is C13H18BrN5O. The number of hydrogen-bond acceptors (Lipinski definition) is 4. The van der Waals surface area contributed by atoms with Crippen molar-refractivity contribution < 1.29 is 0 Å². The van der Waals surface area contributed by atoms with E-state index in [0.29, 0.717) is 4.47 Å². The molecule has 0 aliphatic rings. The zero-order chi connectivity index (χ0) is 14.7. The highest BCUT2D eigenvalue weighted by molar-refractivity contribution is 9.10. The summed E-state index contributed by atoms with van der Waals surface area (Å²) in [6.07, 6.45) is 2.57. The normalized spacial score (nSPS) is 10.8. The lowest BCUT2D eigenvalue weighted by molar-refractivity contribution is 0.573. The second kappa shape index (κ2) is 6.21. The maximum atomic E-state index is 11.7. The molecule has 108 valence electrons. The van der Waals surface area contributed by atoms with E-state index >= 15 is 0 Å². The molecule has 0 saturated carbocycles. The first-order chi connectivity index (χ1) is 9.49. The molecule has 2 heterocycles. The Morgan fingerprint density at radius 3 is 2.80 bits per heavy atom. The van der Waals surface area contributed by atoms with Crippen LogP contribution in [0.15, 0.2) is 21.5 Å². The molecule has 0 aliphatic heterocycles. The molecule has 0 unspecified atom stereocenters. The summed E-state index contributed by atoms with van der Waals surface area (Å²) in [4.78, 5) is 11.7. The van der Waals surface area contributed by atoms with Crippen LogP contribution >= 0.6 is 15.9 Å². The van der Waals surface area contributed by atoms with Crippen molar-refractivity contribution in [3.8, 4) is 0 Å². The minimum absolute atomic E-state index is 0.145. The van der Waals surface area contributed by atoms with Crippen molar-refractivity contribution in [1.29, 1.82) is 0 Å². The van der Waals surface area contributed by atoms with E-state index in [1.54, 1.807) is 13.2 Å². The van der Waals surface area contributed by atoms with Gasteiger partial charge in [0.05, 0.1) is 17.6 Å². The Hall–Kier alpha value is -1.63. The van der Waals surface area contributed by atoms with Crippen molar-refractivity contribution in [3.05, 3.63) is 38.5 Å². The molecule has 2 rings (SSSR count). The SMILES string of the molecule is Cc1cc(C)n(CCCNc2cnn(C)c(=O)c2Br)n1. The number of nitrogens with one attached hydrogen (secondary N) is 1. The van der Waals surface area contributed by atoms with Gasteiger partial charge in [0.25, 0.3) is 5.56 Å². The Bertz CT molecular complexity index is 661. The van der Waals surface area contributed by atoms with Crippen molar-refractivity contribution in [2.75, 3.05) is 11.9 Å². The molecule has 1 N–H and O–H groups in total. The van der Waals surface area contributed by atoms with Crippen LogP contribution in [0.2, 0.25) is 0 Å². The maximum absolute atomic E-state index is 11.7. The van der Waals surface area contributed by atoms with Gasteiger partial charge >= 0.3 is 0 Å². The molecule has 20 heavy (non-hydrogen) atoms. The van der Waals surface area contributed by atoms with Crippen molar-refractivity contribution in [2.24, 2.45) is 7.05 Å². The Labute approximate surface area is 125 Å². The molecular weight excluding hydrogens is 322 g/mol. The van der Waals surface area contributed by atoms with Gasteiger partial charge < -0.3 is 5.32 Å². The van der Waals surface area contributed by atoms with E-state index in [4.69, 9.17) is 0 Å². The summed E-state index contributed by atoms with van der Waals surface area (Å²) >= 11 is 3.29. The van der Waals surface area contributed by atoms with Crippen LogP contribution in [0.1, 0.15) is 17.8 Å². The summed E-state index contributed by atoms with van der Waals surface area (Å²) in [6, 6.07) is 2.06. The van der Waals surface area contributed by atoms with Crippen molar-refractivity contribution in [2.45, 2.75) is 26.8 Å². The van der Waals surface area contributed by atoms with Crippen molar-refractivity contribution in [1.82, 2.24) is 19.6 Å². The molecule has 0 amide bonds. The van der Waals surface area contributed by atoms with E-state index in [1.807, 2.05) is 11.6 Å². The Morgan fingerprint density at radius 1 is 1.40 bits per heavy atom. The van der Waals surface area contributed by atoms with Gasteiger partial charge in [-0.1, -0.05) is 0 Å². The van der Waals surface area contributed by atoms with E-state index in [0.717, 1.165) is 30.9 Å². The van der Waals surface area contributed by atoms with Gasteiger partial charge in [-0.3, -0.25) is 9.48 Å². The predicted molar refractivity (Wildman–Crippen MR) is 82.0 cm³/mol. The van der Waals surface area contributed by atoms with E-state index in [2.05, 4.69) is 44.4 Å². The van der Waals surface area contributed by atoms with Gasteiger partial charge in [0.2, 0.25) is 0 Å². The van der Waals surface area contributed by atoms with Crippen LogP contribution in [-0.2, 0) is 13.6 Å². The molecule has 0 fully saturated rings. The highest BCUT2D eigenvalue weighted by atomic mass is 79.9. The van der Waals surface area contributed by atoms with Gasteiger partial charge in [-0.15, -0.1) is 0 Å². The molecule has 2 aromatic heterocycles. The first-order valence-corrected chi connectivity index (χ1v) is 7.25. The number of hydrogen-bond donors (Lipinski definition) is 1. The lowest BCUT2D eigenvalue weighted by Gasteiger charge is -2.09. The molecule has 6 nitrogen and oxygen atoms in total. The number of anilines is 1. The fourth-order valence-corrected chi connectivity index (χ4v) is 2.49. The summed E-state index contributed by atoms with van der Waals surface area (Å²) in [5, 5.41) is 11.6. The minimum atomic E-state index is -0.145. The minimum Gasteiger partial charge on any atom is -0.383 e. The third kappa shape index (κ3) is 3.27. The van der Waals surface area contributed by atoms with E-state index in [9.17, 15) is 4.79 Å². The Morgan fingerprint density at radius 2 is 2.15 bits per heavy atom. The standard InChI is InChI=1S/C13H18BrN5O/c1-9-7-10(2)19(17-9)6-4-5-15-11-8-16-18(3)13(20)12(11)14/h7-8,15H,4-6H2,1-3H3. The Balaban J connectivity index is 1.89. The third-order valence-corrected chi connectivity index (χ3v) is 3.81. The molecule has 7 heteroatoms. The van der Waals surface area contributed by atoms with Gasteiger partial charge in [-0.2, -0.15) is 10.2 Å². The quantitative estimate of drug-likeness (QED) is 0.844. The van der Waals surface area contributed by atoms with Gasteiger partial charge in [0.1, 0.15) is 4.47 Å². The van der Waals surface area contributed by atoms with Crippen LogP contribution in [0, 0.1) is 13.8 Å². The molecule has 0 radical (unpaired) electrons. The number of aromatic nitrogens is 4. The van der Waals surface area contributed by atoms with Gasteiger partial charge in [-0.25, -0.2) is 4.68 Å². The largest absolute Gasteiger partial charge is 0.383 e. The highest BCUT2D eigenvalue weighted by Crippen LogP contribution is 2.15. The van der Waals surface area contributed by atoms with E-state index in [-0.39, 0.29) is 5.56 Å². The second-order valence-corrected chi connectivity index (χ2v) is 5.52. The smallest absolute Gasteiger partial charge is 0.282 e. The predicted octanol–water partition coefficient (Wildman–Crippen LogP) is 1.86. The average Bonchev–Trinajstić information content (AvgIpc) is 2.72. The highest BCUT2D eigenvalue weighted by Gasteiger charge is 2.06. The number of aryl methyl sites for hydroxylation is 4. The molecule has 0 bridgehead atoms. The number of rotatable bonds is 5. The monoisotopic (exact) mass is 339 g/mol. The summed E-state index contributed by atoms with van der Waals surface area (Å²) in [5.74, 6) is 0.